The highest BCUT2D eigenvalue weighted by atomic mass is 32.2. The van der Waals surface area contributed by atoms with Gasteiger partial charge in [0.05, 0.1) is 23.7 Å². The fraction of sp³-hybridized carbons (Fsp3) is 0.350. The molecule has 0 saturated heterocycles. The first-order chi connectivity index (χ1) is 15.0. The van der Waals surface area contributed by atoms with E-state index in [0.29, 0.717) is 41.8 Å². The molecule has 11 heteroatoms. The van der Waals surface area contributed by atoms with Crippen molar-refractivity contribution in [2.45, 2.75) is 31.1 Å². The minimum atomic E-state index is -3.22. The summed E-state index contributed by atoms with van der Waals surface area (Å²) in [6.07, 6.45) is 2.04. The Balaban J connectivity index is 1.30. The van der Waals surface area contributed by atoms with Crippen LogP contribution in [-0.2, 0) is 23.0 Å². The van der Waals surface area contributed by atoms with Gasteiger partial charge in [-0.2, -0.15) is 9.40 Å². The van der Waals surface area contributed by atoms with Gasteiger partial charge in [0.15, 0.2) is 5.13 Å². The first kappa shape index (κ1) is 20.2. The van der Waals surface area contributed by atoms with Crippen molar-refractivity contribution in [3.8, 4) is 17.0 Å². The Morgan fingerprint density at radius 3 is 2.90 bits per heavy atom. The van der Waals surface area contributed by atoms with E-state index in [1.54, 1.807) is 17.5 Å². The van der Waals surface area contributed by atoms with Gasteiger partial charge in [-0.3, -0.25) is 15.2 Å². The Morgan fingerprint density at radius 2 is 2.13 bits per heavy atom. The van der Waals surface area contributed by atoms with Gasteiger partial charge in [-0.1, -0.05) is 12.1 Å². The molecule has 0 radical (unpaired) electrons. The highest BCUT2D eigenvalue weighted by Crippen LogP contribution is 2.36. The number of rotatable bonds is 6. The predicted molar refractivity (Wildman–Crippen MR) is 117 cm³/mol. The molecule has 1 aliphatic carbocycles. The number of carbonyl (C=O) groups excluding carboxylic acids is 1. The lowest BCUT2D eigenvalue weighted by Crippen LogP contribution is -2.37. The van der Waals surface area contributed by atoms with Crippen LogP contribution in [0.15, 0.2) is 30.3 Å². The fourth-order valence-corrected chi connectivity index (χ4v) is 6.52. The van der Waals surface area contributed by atoms with Gasteiger partial charge >= 0.3 is 0 Å². The van der Waals surface area contributed by atoms with Gasteiger partial charge < -0.3 is 4.74 Å². The summed E-state index contributed by atoms with van der Waals surface area (Å²) >= 11 is 1.32. The molecule has 3 heterocycles. The van der Waals surface area contributed by atoms with Crippen LogP contribution in [0.4, 0.5) is 5.13 Å². The van der Waals surface area contributed by atoms with Crippen molar-refractivity contribution >= 4 is 32.4 Å². The molecule has 1 aromatic carbocycles. The molecule has 2 N–H and O–H groups in total. The number of H-pyrrole nitrogens is 1. The summed E-state index contributed by atoms with van der Waals surface area (Å²) in [5.74, 6) is 0.307. The van der Waals surface area contributed by atoms with Gasteiger partial charge in [0.2, 0.25) is 10.0 Å². The Kier molecular flexibility index (Phi) is 5.03. The number of hydrogen-bond acceptors (Lipinski definition) is 7. The number of anilines is 1. The van der Waals surface area contributed by atoms with Crippen LogP contribution in [0.3, 0.4) is 0 Å². The highest BCUT2D eigenvalue weighted by Gasteiger charge is 2.41. The van der Waals surface area contributed by atoms with Gasteiger partial charge in [-0.15, -0.1) is 11.3 Å². The largest absolute Gasteiger partial charge is 0.496 e. The molecule has 0 spiro atoms. The number of ether oxygens (including phenoxy) is 1. The number of amides is 1. The van der Waals surface area contributed by atoms with E-state index in [4.69, 9.17) is 4.74 Å². The molecular weight excluding hydrogens is 438 g/mol. The molecule has 0 bridgehead atoms. The SMILES string of the molecule is COc1ccccc1-c1cc(C(=O)Nc2nc3c(s2)CN(S(=O)(=O)C2CC2)CC3)[nH]n1. The van der Waals surface area contributed by atoms with Crippen LogP contribution in [0.1, 0.15) is 33.9 Å². The first-order valence-corrected chi connectivity index (χ1v) is 12.3. The number of sulfonamides is 1. The number of benzene rings is 1. The average molecular weight is 460 g/mol. The molecule has 1 saturated carbocycles. The third-order valence-corrected chi connectivity index (χ3v) is 8.77. The molecule has 0 unspecified atom stereocenters. The van der Waals surface area contributed by atoms with Crippen LogP contribution in [0, 0.1) is 0 Å². The van der Waals surface area contributed by atoms with E-state index in [2.05, 4.69) is 20.5 Å². The summed E-state index contributed by atoms with van der Waals surface area (Å²) in [7, 11) is -1.63. The summed E-state index contributed by atoms with van der Waals surface area (Å²) in [6, 6.07) is 9.09. The maximum absolute atomic E-state index is 12.7. The quantitative estimate of drug-likeness (QED) is 0.585. The second-order valence-electron chi connectivity index (χ2n) is 7.54. The van der Waals surface area contributed by atoms with Crippen molar-refractivity contribution in [2.75, 3.05) is 19.0 Å². The van der Waals surface area contributed by atoms with Crippen LogP contribution in [0.5, 0.6) is 5.75 Å². The van der Waals surface area contributed by atoms with Crippen LogP contribution in [0.2, 0.25) is 0 Å². The van der Waals surface area contributed by atoms with Crippen LogP contribution >= 0.6 is 11.3 Å². The third kappa shape index (κ3) is 3.84. The van der Waals surface area contributed by atoms with Gasteiger partial charge in [-0.05, 0) is 31.0 Å². The topological polar surface area (TPSA) is 117 Å². The van der Waals surface area contributed by atoms with Crippen molar-refractivity contribution in [1.29, 1.82) is 0 Å². The van der Waals surface area contributed by atoms with E-state index in [1.807, 2.05) is 24.3 Å². The van der Waals surface area contributed by atoms with Gasteiger partial charge in [-0.25, -0.2) is 13.4 Å². The predicted octanol–water partition coefficient (Wildman–Crippen LogP) is 2.64. The normalized spacial score (nSPS) is 16.7. The molecule has 2 aliphatic rings. The molecule has 3 aromatic rings. The number of methoxy groups -OCH3 is 1. The number of aromatic amines is 1. The summed E-state index contributed by atoms with van der Waals surface area (Å²) < 4.78 is 31.9. The van der Waals surface area contributed by atoms with Gasteiger partial charge in [0, 0.05) is 30.0 Å². The summed E-state index contributed by atoms with van der Waals surface area (Å²) in [6.45, 7) is 0.759. The molecule has 2 aromatic heterocycles. The maximum atomic E-state index is 12.7. The van der Waals surface area contributed by atoms with Crippen LogP contribution in [-0.4, -0.2) is 52.7 Å². The van der Waals surface area contributed by atoms with E-state index in [9.17, 15) is 13.2 Å². The molecule has 31 heavy (non-hydrogen) atoms. The summed E-state index contributed by atoms with van der Waals surface area (Å²) in [4.78, 5) is 18.1. The second kappa shape index (κ2) is 7.74. The lowest BCUT2D eigenvalue weighted by molar-refractivity contribution is 0.102. The molecule has 1 fully saturated rings. The molecule has 0 atom stereocenters. The maximum Gasteiger partial charge on any atom is 0.275 e. The van der Waals surface area contributed by atoms with E-state index >= 15 is 0 Å². The highest BCUT2D eigenvalue weighted by molar-refractivity contribution is 7.90. The molecular formula is C20H21N5O4S2. The molecule has 162 valence electrons. The van der Waals surface area contributed by atoms with Crippen molar-refractivity contribution in [2.24, 2.45) is 0 Å². The molecule has 5 rings (SSSR count). The van der Waals surface area contributed by atoms with E-state index in [-0.39, 0.29) is 11.2 Å². The second-order valence-corrected chi connectivity index (χ2v) is 10.8. The molecule has 1 amide bonds. The minimum absolute atomic E-state index is 0.223. The van der Waals surface area contributed by atoms with Crippen LogP contribution in [0.25, 0.3) is 11.3 Å². The lowest BCUT2D eigenvalue weighted by Gasteiger charge is -2.25. The average Bonchev–Trinajstić information content (AvgIpc) is 3.39. The zero-order chi connectivity index (χ0) is 21.6. The summed E-state index contributed by atoms with van der Waals surface area (Å²) in [5.41, 5.74) is 2.53. The molecule has 9 nitrogen and oxygen atoms in total. The smallest absolute Gasteiger partial charge is 0.275 e. The Morgan fingerprint density at radius 1 is 1.32 bits per heavy atom. The number of thiazole rings is 1. The Labute approximate surface area is 183 Å². The molecule has 1 aliphatic heterocycles. The standard InChI is InChI=1S/C20H21N5O4S2/c1-29-17-5-3-2-4-13(17)15-10-16(24-23-15)19(26)22-20-21-14-8-9-25(11-18(14)30-20)31(27,28)12-6-7-12/h2-5,10,12H,6-9,11H2,1H3,(H,23,24)(H,21,22,26). The Hall–Kier alpha value is -2.76. The zero-order valence-electron chi connectivity index (χ0n) is 16.8. The number of carbonyl (C=O) groups is 1. The van der Waals surface area contributed by atoms with Gasteiger partial charge in [0.1, 0.15) is 11.4 Å². The van der Waals surface area contributed by atoms with Crippen molar-refractivity contribution < 1.29 is 17.9 Å². The van der Waals surface area contributed by atoms with Crippen LogP contribution < -0.4 is 10.1 Å². The Bertz CT molecular complexity index is 1250. The number of hydrogen-bond donors (Lipinski definition) is 2. The van der Waals surface area contributed by atoms with Crippen molar-refractivity contribution in [3.05, 3.63) is 46.6 Å². The number of para-hydroxylation sites is 1. The fourth-order valence-electron chi connectivity index (χ4n) is 3.62. The number of fused-ring (bicyclic) bond motifs is 1. The lowest BCUT2D eigenvalue weighted by atomic mass is 10.1. The summed E-state index contributed by atoms with van der Waals surface area (Å²) in [5, 5.41) is 10.0. The first-order valence-electron chi connectivity index (χ1n) is 9.93. The monoisotopic (exact) mass is 459 g/mol. The number of nitrogens with zero attached hydrogens (tertiary/aromatic N) is 3. The number of nitrogens with one attached hydrogen (secondary N) is 2. The van der Waals surface area contributed by atoms with E-state index < -0.39 is 10.0 Å². The zero-order valence-corrected chi connectivity index (χ0v) is 18.4. The van der Waals surface area contributed by atoms with Gasteiger partial charge in [0.25, 0.3) is 5.91 Å². The van der Waals surface area contributed by atoms with Crippen molar-refractivity contribution in [1.82, 2.24) is 19.5 Å². The van der Waals surface area contributed by atoms with E-state index in [0.717, 1.165) is 29.0 Å². The van der Waals surface area contributed by atoms with E-state index in [1.165, 1.54) is 11.3 Å². The third-order valence-electron chi connectivity index (χ3n) is 5.43. The van der Waals surface area contributed by atoms with Crippen molar-refractivity contribution in [3.63, 3.8) is 0 Å². The number of aromatic nitrogens is 3. The minimum Gasteiger partial charge on any atom is -0.496 e.